The third-order valence-electron chi connectivity index (χ3n) is 1.33. The van der Waals surface area contributed by atoms with Crippen molar-refractivity contribution in [3.63, 3.8) is 0 Å². The van der Waals surface area contributed by atoms with Crippen LogP contribution in [0.5, 0.6) is 0 Å². The summed E-state index contributed by atoms with van der Waals surface area (Å²) in [7, 11) is 0. The van der Waals surface area contributed by atoms with Crippen LogP contribution < -0.4 is 34.7 Å². The monoisotopic (exact) mass is 162 g/mol. The van der Waals surface area contributed by atoms with E-state index in [0.29, 0.717) is 6.42 Å². The minimum absolute atomic E-state index is 0. The normalized spacial score (nSPS) is 10.9. The first-order valence-electron chi connectivity index (χ1n) is 3.36. The maximum Gasteiger partial charge on any atom is 1.00 e. The van der Waals surface area contributed by atoms with E-state index in [0.717, 1.165) is 6.42 Å². The van der Waals surface area contributed by atoms with Crippen molar-refractivity contribution in [2.24, 2.45) is 5.92 Å². The van der Waals surface area contributed by atoms with Gasteiger partial charge in [0.1, 0.15) is 0 Å². The van der Waals surface area contributed by atoms with Gasteiger partial charge in [0.05, 0.1) is 0 Å². The molecule has 0 unspecified atom stereocenters. The maximum absolute atomic E-state index is 10.3. The molecule has 0 fully saturated rings. The number of rotatable bonds is 4. The molecule has 0 saturated heterocycles. The summed E-state index contributed by atoms with van der Waals surface area (Å²) in [5.41, 5.74) is 0. The van der Waals surface area contributed by atoms with Gasteiger partial charge in [-0.3, -0.25) is 0 Å². The van der Waals surface area contributed by atoms with E-state index in [-0.39, 0.29) is 36.0 Å². The van der Waals surface area contributed by atoms with Crippen LogP contribution in [0.25, 0.3) is 0 Å². The molecule has 2 nitrogen and oxygen atoms in total. The second-order valence-electron chi connectivity index (χ2n) is 2.21. The molecule has 0 aliphatic carbocycles. The molecule has 0 heterocycles. The summed E-state index contributed by atoms with van der Waals surface area (Å²) in [5, 5.41) is 10.3. The zero-order valence-electron chi connectivity index (χ0n) is 7.09. The predicted octanol–water partition coefficient (Wildman–Crippen LogP) is -2.82. The standard InChI is InChI=1S/C8H12O2.Na/c1-3-5-7(6-4-2)8(9)10;/h1,7H,4-6H2,2H3,(H,9,10);/q;+1/p-1/t7-;/m1./s1. The molecule has 56 valence electrons. The quantitative estimate of drug-likeness (QED) is 0.330. The first-order valence-corrected chi connectivity index (χ1v) is 3.36. The van der Waals surface area contributed by atoms with Gasteiger partial charge in [0.25, 0.3) is 0 Å². The van der Waals surface area contributed by atoms with E-state index in [1.165, 1.54) is 0 Å². The molecule has 0 saturated carbocycles. The predicted molar refractivity (Wildman–Crippen MR) is 36.9 cm³/mol. The van der Waals surface area contributed by atoms with Crippen molar-refractivity contribution in [1.29, 1.82) is 0 Å². The topological polar surface area (TPSA) is 40.1 Å². The van der Waals surface area contributed by atoms with Crippen LogP contribution in [0.1, 0.15) is 26.2 Å². The van der Waals surface area contributed by atoms with E-state index in [2.05, 4.69) is 5.92 Å². The molecule has 0 aliphatic rings. The molecule has 0 spiro atoms. The van der Waals surface area contributed by atoms with Gasteiger partial charge in [-0.2, -0.15) is 0 Å². The van der Waals surface area contributed by atoms with E-state index in [4.69, 9.17) is 6.42 Å². The van der Waals surface area contributed by atoms with Crippen LogP contribution in [-0.4, -0.2) is 5.97 Å². The van der Waals surface area contributed by atoms with Crippen LogP contribution in [0, 0.1) is 18.3 Å². The summed E-state index contributed by atoms with van der Waals surface area (Å²) >= 11 is 0. The second kappa shape index (κ2) is 8.13. The van der Waals surface area contributed by atoms with Gasteiger partial charge in [0, 0.05) is 18.3 Å². The van der Waals surface area contributed by atoms with Crippen molar-refractivity contribution in [2.45, 2.75) is 26.2 Å². The number of aliphatic carboxylic acids is 1. The molecular weight excluding hydrogens is 151 g/mol. The molecule has 0 amide bonds. The zero-order chi connectivity index (χ0) is 7.98. The van der Waals surface area contributed by atoms with Crippen molar-refractivity contribution >= 4 is 5.97 Å². The van der Waals surface area contributed by atoms with E-state index >= 15 is 0 Å². The Balaban J connectivity index is 0. The van der Waals surface area contributed by atoms with Crippen molar-refractivity contribution in [3.05, 3.63) is 0 Å². The fraction of sp³-hybridized carbons (Fsp3) is 0.625. The number of hydrogen-bond acceptors (Lipinski definition) is 2. The number of carboxylic acids is 1. The van der Waals surface area contributed by atoms with Gasteiger partial charge < -0.3 is 9.90 Å². The van der Waals surface area contributed by atoms with Crippen LogP contribution in [0.15, 0.2) is 0 Å². The zero-order valence-corrected chi connectivity index (χ0v) is 9.09. The number of carbonyl (C=O) groups is 1. The van der Waals surface area contributed by atoms with Crippen LogP contribution in [0.2, 0.25) is 0 Å². The first-order chi connectivity index (χ1) is 4.72. The number of hydrogen-bond donors (Lipinski definition) is 0. The van der Waals surface area contributed by atoms with Crippen molar-refractivity contribution in [2.75, 3.05) is 0 Å². The summed E-state index contributed by atoms with van der Waals surface area (Å²) in [5.74, 6) is 0.836. The number of terminal acetylenes is 1. The Bertz CT molecular complexity index is 149. The minimum Gasteiger partial charge on any atom is -0.550 e. The molecule has 11 heavy (non-hydrogen) atoms. The van der Waals surface area contributed by atoms with Crippen molar-refractivity contribution in [1.82, 2.24) is 0 Å². The van der Waals surface area contributed by atoms with Crippen LogP contribution in [-0.2, 0) is 4.79 Å². The molecule has 0 aromatic rings. The van der Waals surface area contributed by atoms with Gasteiger partial charge in [-0.1, -0.05) is 13.3 Å². The average Bonchev–Trinajstić information content (AvgIpc) is 1.87. The SMILES string of the molecule is C#CC[C@H](CCC)C(=O)[O-].[Na+]. The molecular formula is C8H11NaO2. The molecule has 3 heteroatoms. The van der Waals surface area contributed by atoms with E-state index in [1.54, 1.807) is 0 Å². The van der Waals surface area contributed by atoms with E-state index in [9.17, 15) is 9.90 Å². The Morgan fingerprint density at radius 1 is 1.73 bits per heavy atom. The Hall–Kier alpha value is 0.0300. The van der Waals surface area contributed by atoms with Gasteiger partial charge >= 0.3 is 29.6 Å². The van der Waals surface area contributed by atoms with Gasteiger partial charge in [-0.25, -0.2) is 0 Å². The smallest absolute Gasteiger partial charge is 0.550 e. The molecule has 0 N–H and O–H groups in total. The number of carbonyl (C=O) groups excluding carboxylic acids is 1. The third-order valence-corrected chi connectivity index (χ3v) is 1.33. The summed E-state index contributed by atoms with van der Waals surface area (Å²) in [6.07, 6.45) is 6.70. The van der Waals surface area contributed by atoms with Crippen molar-refractivity contribution < 1.29 is 39.5 Å². The fourth-order valence-corrected chi connectivity index (χ4v) is 0.794. The Kier molecular flexibility index (Phi) is 10.1. The summed E-state index contributed by atoms with van der Waals surface area (Å²) in [6.45, 7) is 1.92. The number of carboxylic acid groups (broad SMARTS) is 1. The van der Waals surface area contributed by atoms with Crippen LogP contribution >= 0.6 is 0 Å². The van der Waals surface area contributed by atoms with Crippen LogP contribution in [0.4, 0.5) is 0 Å². The third kappa shape index (κ3) is 6.43. The van der Waals surface area contributed by atoms with Gasteiger partial charge in [0.2, 0.25) is 0 Å². The fourth-order valence-electron chi connectivity index (χ4n) is 0.794. The molecule has 0 radical (unpaired) electrons. The van der Waals surface area contributed by atoms with E-state index < -0.39 is 11.9 Å². The first kappa shape index (κ1) is 13.6. The molecule has 0 aromatic heterocycles. The minimum atomic E-state index is -1.03. The van der Waals surface area contributed by atoms with Gasteiger partial charge in [-0.05, 0) is 6.42 Å². The Morgan fingerprint density at radius 3 is 2.55 bits per heavy atom. The van der Waals surface area contributed by atoms with Crippen LogP contribution in [0.3, 0.4) is 0 Å². The summed E-state index contributed by atoms with van der Waals surface area (Å²) in [6, 6.07) is 0. The maximum atomic E-state index is 10.3. The second-order valence-corrected chi connectivity index (χ2v) is 2.21. The Labute approximate surface area is 89.7 Å². The molecule has 0 aliphatic heterocycles. The largest absolute Gasteiger partial charge is 1.00 e. The molecule has 0 rings (SSSR count). The van der Waals surface area contributed by atoms with Gasteiger partial charge in [0.15, 0.2) is 0 Å². The summed E-state index contributed by atoms with van der Waals surface area (Å²) in [4.78, 5) is 10.3. The molecule has 0 bridgehead atoms. The average molecular weight is 162 g/mol. The van der Waals surface area contributed by atoms with Gasteiger partial charge in [-0.15, -0.1) is 12.3 Å². The molecule has 0 aromatic carbocycles. The van der Waals surface area contributed by atoms with E-state index in [1.807, 2.05) is 6.92 Å². The molecule has 1 atom stereocenters. The van der Waals surface area contributed by atoms with Crippen molar-refractivity contribution in [3.8, 4) is 12.3 Å². The summed E-state index contributed by atoms with van der Waals surface area (Å²) < 4.78 is 0. The Morgan fingerprint density at radius 2 is 2.27 bits per heavy atom.